The highest BCUT2D eigenvalue weighted by Gasteiger charge is 2.30. The van der Waals surface area contributed by atoms with E-state index in [2.05, 4.69) is 10.2 Å². The first-order chi connectivity index (χ1) is 15.8. The van der Waals surface area contributed by atoms with Gasteiger partial charge in [-0.2, -0.15) is 5.11 Å². The number of rotatable bonds is 11. The van der Waals surface area contributed by atoms with E-state index in [1.165, 1.54) is 33.3 Å². The van der Waals surface area contributed by atoms with Crippen LogP contribution in [0.2, 0.25) is 5.02 Å². The summed E-state index contributed by atoms with van der Waals surface area (Å²) in [5.41, 5.74) is 0.422. The first-order valence-corrected chi connectivity index (χ1v) is 10.7. The molecule has 0 bridgehead atoms. The molecule has 2 aromatic rings. The van der Waals surface area contributed by atoms with Gasteiger partial charge in [-0.05, 0) is 45.0 Å². The Hall–Kier alpha value is -3.04. The lowest BCUT2D eigenvalue weighted by Crippen LogP contribution is -2.36. The van der Waals surface area contributed by atoms with Gasteiger partial charge < -0.3 is 18.9 Å². The molecule has 2 aromatic carbocycles. The van der Waals surface area contributed by atoms with Crippen molar-refractivity contribution in [2.75, 3.05) is 31.9 Å². The van der Waals surface area contributed by atoms with Crippen LogP contribution in [0.15, 0.2) is 40.6 Å². The number of hydrogen-bond acceptors (Lipinski definition) is 8. The summed E-state index contributed by atoms with van der Waals surface area (Å²) in [6.45, 7) is 5.44. The SMILES string of the molecule is CCOc1ccc(Cl)c(OCC)c1N=NC(C(C)=O)C(=O)N(Cl)c1ccc(OC)c(OC)c1. The number of carbonyl (C=O) groups is 2. The molecule has 0 N–H and O–H groups in total. The maximum Gasteiger partial charge on any atom is 0.276 e. The van der Waals surface area contributed by atoms with Crippen molar-refractivity contribution >= 4 is 46.4 Å². The molecule has 0 aliphatic rings. The molecule has 0 heterocycles. The van der Waals surface area contributed by atoms with Gasteiger partial charge in [-0.3, -0.25) is 9.59 Å². The van der Waals surface area contributed by atoms with E-state index in [1.807, 2.05) is 0 Å². The molecule has 11 heteroatoms. The molecule has 0 radical (unpaired) electrons. The Labute approximate surface area is 202 Å². The molecule has 0 aliphatic heterocycles. The Morgan fingerprint density at radius 1 is 1.00 bits per heavy atom. The lowest BCUT2D eigenvalue weighted by Gasteiger charge is -2.18. The largest absolute Gasteiger partial charge is 0.493 e. The normalized spacial score (nSPS) is 11.7. The summed E-state index contributed by atoms with van der Waals surface area (Å²) in [5.74, 6) is 0.00847. The van der Waals surface area contributed by atoms with E-state index in [9.17, 15) is 9.59 Å². The molecular formula is C22H25Cl2N3O6. The van der Waals surface area contributed by atoms with E-state index in [0.717, 1.165) is 4.42 Å². The maximum absolute atomic E-state index is 13.0. The number of benzene rings is 2. The van der Waals surface area contributed by atoms with Crippen molar-refractivity contribution < 1.29 is 28.5 Å². The number of carbonyl (C=O) groups excluding carboxylic acids is 2. The van der Waals surface area contributed by atoms with Crippen molar-refractivity contribution in [3.05, 3.63) is 35.4 Å². The van der Waals surface area contributed by atoms with Crippen molar-refractivity contribution in [2.24, 2.45) is 10.2 Å². The van der Waals surface area contributed by atoms with E-state index >= 15 is 0 Å². The molecule has 0 fully saturated rings. The van der Waals surface area contributed by atoms with Gasteiger partial charge in [-0.25, -0.2) is 4.42 Å². The number of ketones is 1. The molecule has 0 saturated heterocycles. The number of amides is 1. The number of methoxy groups -OCH3 is 2. The van der Waals surface area contributed by atoms with Crippen LogP contribution in [0.3, 0.4) is 0 Å². The number of hydrogen-bond donors (Lipinski definition) is 0. The van der Waals surface area contributed by atoms with Crippen LogP contribution in [-0.2, 0) is 9.59 Å². The smallest absolute Gasteiger partial charge is 0.276 e. The van der Waals surface area contributed by atoms with Crippen LogP contribution in [0.4, 0.5) is 11.4 Å². The third-order valence-corrected chi connectivity index (χ3v) is 4.97. The second-order valence-corrected chi connectivity index (χ2v) is 7.22. The number of anilines is 1. The fourth-order valence-electron chi connectivity index (χ4n) is 2.78. The highest BCUT2D eigenvalue weighted by Crippen LogP contribution is 2.43. The van der Waals surface area contributed by atoms with Crippen molar-refractivity contribution in [2.45, 2.75) is 26.8 Å². The van der Waals surface area contributed by atoms with Gasteiger partial charge >= 0.3 is 0 Å². The van der Waals surface area contributed by atoms with Gasteiger partial charge in [0.15, 0.2) is 34.5 Å². The minimum absolute atomic E-state index is 0.164. The Kier molecular flexibility index (Phi) is 9.74. The molecule has 2 rings (SSSR count). The van der Waals surface area contributed by atoms with Crippen LogP contribution in [0.25, 0.3) is 0 Å². The van der Waals surface area contributed by atoms with Gasteiger partial charge in [0, 0.05) is 17.8 Å². The minimum atomic E-state index is -1.52. The Morgan fingerprint density at radius 3 is 2.21 bits per heavy atom. The van der Waals surface area contributed by atoms with E-state index in [4.69, 9.17) is 42.3 Å². The van der Waals surface area contributed by atoms with Crippen LogP contribution in [0.5, 0.6) is 23.0 Å². The van der Waals surface area contributed by atoms with Crippen LogP contribution in [-0.4, -0.2) is 45.2 Å². The third-order valence-electron chi connectivity index (χ3n) is 4.31. The standard InChI is InChI=1S/C22H25Cl2N3O6/c1-6-32-17-11-9-15(23)21(33-7-2)20(17)26-25-19(13(3)28)22(29)27(24)14-8-10-16(30-4)18(12-14)31-5/h8-12,19H,6-7H2,1-5H3. The summed E-state index contributed by atoms with van der Waals surface area (Å²) in [7, 11) is 2.93. The monoisotopic (exact) mass is 497 g/mol. The number of halogens is 2. The molecule has 178 valence electrons. The highest BCUT2D eigenvalue weighted by molar-refractivity contribution is 6.39. The van der Waals surface area contributed by atoms with Crippen molar-refractivity contribution in [1.29, 1.82) is 0 Å². The van der Waals surface area contributed by atoms with E-state index in [0.29, 0.717) is 30.5 Å². The second-order valence-electron chi connectivity index (χ2n) is 6.48. The van der Waals surface area contributed by atoms with Crippen LogP contribution >= 0.6 is 23.4 Å². The molecule has 9 nitrogen and oxygen atoms in total. The molecule has 1 unspecified atom stereocenters. The van der Waals surface area contributed by atoms with Gasteiger partial charge in [-0.15, -0.1) is 5.11 Å². The topological polar surface area (TPSA) is 99.0 Å². The molecule has 1 atom stereocenters. The predicted octanol–water partition coefficient (Wildman–Crippen LogP) is 5.38. The highest BCUT2D eigenvalue weighted by atomic mass is 35.5. The first-order valence-electron chi connectivity index (χ1n) is 10.00. The fraction of sp³-hybridized carbons (Fsp3) is 0.364. The van der Waals surface area contributed by atoms with Gasteiger partial charge in [0.05, 0.1) is 38.1 Å². The molecule has 0 aliphatic carbocycles. The third kappa shape index (κ3) is 6.27. The quantitative estimate of drug-likeness (QED) is 0.234. The number of ether oxygens (including phenoxy) is 4. The van der Waals surface area contributed by atoms with Gasteiger partial charge in [0.2, 0.25) is 6.04 Å². The summed E-state index contributed by atoms with van der Waals surface area (Å²) >= 11 is 12.5. The average molecular weight is 498 g/mol. The molecule has 0 saturated carbocycles. The molecule has 0 aromatic heterocycles. The molecule has 33 heavy (non-hydrogen) atoms. The number of Topliss-reactive ketones (excluding diaryl/α,β-unsaturated/α-hetero) is 1. The Bertz CT molecular complexity index is 1030. The maximum atomic E-state index is 13.0. The zero-order valence-corrected chi connectivity index (χ0v) is 20.4. The van der Waals surface area contributed by atoms with Gasteiger partial charge in [0.25, 0.3) is 5.91 Å². The minimum Gasteiger partial charge on any atom is -0.493 e. The van der Waals surface area contributed by atoms with Crippen molar-refractivity contribution in [3.63, 3.8) is 0 Å². The number of nitrogens with zero attached hydrogens (tertiary/aromatic N) is 3. The molecule has 1 amide bonds. The lowest BCUT2D eigenvalue weighted by atomic mass is 10.2. The van der Waals surface area contributed by atoms with Crippen molar-refractivity contribution in [3.8, 4) is 23.0 Å². The summed E-state index contributed by atoms with van der Waals surface area (Å²) < 4.78 is 22.3. The zero-order chi connectivity index (χ0) is 24.5. The van der Waals surface area contributed by atoms with Crippen molar-refractivity contribution in [1.82, 2.24) is 0 Å². The first kappa shape index (κ1) is 26.2. The van der Waals surface area contributed by atoms with Crippen LogP contribution in [0, 0.1) is 0 Å². The van der Waals surface area contributed by atoms with E-state index in [-0.39, 0.29) is 22.1 Å². The van der Waals surface area contributed by atoms with Gasteiger partial charge in [-0.1, -0.05) is 11.6 Å². The Balaban J connectivity index is 2.43. The summed E-state index contributed by atoms with van der Waals surface area (Å²) in [5, 5.41) is 8.35. The van der Waals surface area contributed by atoms with Crippen LogP contribution < -0.4 is 23.4 Å². The van der Waals surface area contributed by atoms with E-state index < -0.39 is 17.7 Å². The molecule has 0 spiro atoms. The zero-order valence-electron chi connectivity index (χ0n) is 18.9. The summed E-state index contributed by atoms with van der Waals surface area (Å²) in [4.78, 5) is 25.3. The van der Waals surface area contributed by atoms with Gasteiger partial charge in [0.1, 0.15) is 0 Å². The Morgan fingerprint density at radius 2 is 1.64 bits per heavy atom. The average Bonchev–Trinajstić information content (AvgIpc) is 2.81. The fourth-order valence-corrected chi connectivity index (χ4v) is 3.18. The lowest BCUT2D eigenvalue weighted by molar-refractivity contribution is -0.126. The number of azo groups is 1. The second kappa shape index (κ2) is 12.3. The summed E-state index contributed by atoms with van der Waals surface area (Å²) in [6, 6.07) is 6.30. The summed E-state index contributed by atoms with van der Waals surface area (Å²) in [6.07, 6.45) is 0. The predicted molar refractivity (Wildman–Crippen MR) is 126 cm³/mol. The van der Waals surface area contributed by atoms with Crippen LogP contribution in [0.1, 0.15) is 20.8 Å². The van der Waals surface area contributed by atoms with E-state index in [1.54, 1.807) is 32.0 Å². The molecular weight excluding hydrogens is 473 g/mol.